The van der Waals surface area contributed by atoms with E-state index >= 15 is 0 Å². The van der Waals surface area contributed by atoms with E-state index in [1.807, 2.05) is 0 Å². The van der Waals surface area contributed by atoms with Gasteiger partial charge in [0.1, 0.15) is 11.4 Å². The van der Waals surface area contributed by atoms with Gasteiger partial charge in [-0.25, -0.2) is 0 Å². The zero-order valence-electron chi connectivity index (χ0n) is 11.6. The summed E-state index contributed by atoms with van der Waals surface area (Å²) < 4.78 is 58.6. The largest absolute Gasteiger partial charge is 0.479 e. The second-order valence-electron chi connectivity index (χ2n) is 4.78. The molecule has 0 saturated heterocycles. The maximum absolute atomic E-state index is 13.6. The maximum atomic E-state index is 13.6. The first kappa shape index (κ1) is 15.1. The van der Waals surface area contributed by atoms with Crippen LogP contribution in [0.25, 0.3) is 0 Å². The molecule has 0 radical (unpaired) electrons. The third-order valence-corrected chi connectivity index (χ3v) is 3.18. The second-order valence-corrected chi connectivity index (χ2v) is 4.78. The fourth-order valence-corrected chi connectivity index (χ4v) is 2.03. The number of rotatable bonds is 2. The Kier molecular flexibility index (Phi) is 3.55. The Hall–Kier alpha value is -2.84. The molecular formula is C14H9F4N3O2. The van der Waals surface area contributed by atoms with Crippen molar-refractivity contribution < 1.29 is 27.1 Å². The van der Waals surface area contributed by atoms with Crippen molar-refractivity contribution in [3.8, 4) is 5.75 Å². The third-order valence-electron chi connectivity index (χ3n) is 3.18. The number of nitrogens with one attached hydrogen (secondary N) is 2. The Balaban J connectivity index is 1.97. The first-order valence-electron chi connectivity index (χ1n) is 6.45. The van der Waals surface area contributed by atoms with Crippen LogP contribution in [0.5, 0.6) is 5.75 Å². The van der Waals surface area contributed by atoms with Crippen molar-refractivity contribution in [3.05, 3.63) is 41.7 Å². The molecule has 1 atom stereocenters. The molecule has 3 rings (SSSR count). The lowest BCUT2D eigenvalue weighted by Crippen LogP contribution is -2.34. The van der Waals surface area contributed by atoms with Crippen LogP contribution in [0.15, 0.2) is 18.2 Å². The number of aromatic nitrogens is 1. The summed E-state index contributed by atoms with van der Waals surface area (Å²) in [5.74, 6) is -6.89. The van der Waals surface area contributed by atoms with E-state index < -0.39 is 41.2 Å². The quantitative estimate of drug-likeness (QED) is 0.657. The number of hydrogen-bond donors (Lipinski definition) is 2. The number of benzene rings is 1. The van der Waals surface area contributed by atoms with Gasteiger partial charge in [0.05, 0.1) is 5.69 Å². The molecule has 1 aliphatic heterocycles. The van der Waals surface area contributed by atoms with E-state index in [4.69, 9.17) is 4.74 Å². The first-order valence-corrected chi connectivity index (χ1v) is 6.45. The molecule has 1 aliphatic rings. The number of fused-ring (bicyclic) bond motifs is 1. The lowest BCUT2D eigenvalue weighted by atomic mass is 10.2. The van der Waals surface area contributed by atoms with E-state index in [0.29, 0.717) is 5.75 Å². The topological polar surface area (TPSA) is 63.2 Å². The van der Waals surface area contributed by atoms with Crippen LogP contribution in [0.4, 0.5) is 34.6 Å². The van der Waals surface area contributed by atoms with Crippen molar-refractivity contribution in [2.75, 3.05) is 10.6 Å². The molecule has 120 valence electrons. The second kappa shape index (κ2) is 5.41. The molecule has 1 unspecified atom stereocenters. The van der Waals surface area contributed by atoms with Crippen LogP contribution in [0.1, 0.15) is 6.92 Å². The molecule has 0 bridgehead atoms. The van der Waals surface area contributed by atoms with Gasteiger partial charge in [-0.3, -0.25) is 4.79 Å². The number of anilines is 3. The van der Waals surface area contributed by atoms with Crippen LogP contribution < -0.4 is 15.4 Å². The normalized spacial score (nSPS) is 16.4. The van der Waals surface area contributed by atoms with Gasteiger partial charge in [-0.15, -0.1) is 0 Å². The first-order chi connectivity index (χ1) is 10.9. The van der Waals surface area contributed by atoms with Crippen molar-refractivity contribution in [1.82, 2.24) is 4.98 Å². The Labute approximate surface area is 127 Å². The molecule has 1 amide bonds. The van der Waals surface area contributed by atoms with Gasteiger partial charge in [0.25, 0.3) is 17.8 Å². The standard InChI is InChI=1S/C14H9F4N3O2/c1-5-14(22)20-7-4-6(2-3-8(7)23-5)19-11-9(15)12(17)21-13(18)10(11)16/h2-5H,1H3,(H,19,21)(H,20,22). The molecule has 0 aliphatic carbocycles. The predicted molar refractivity (Wildman–Crippen MR) is 72.5 cm³/mol. The molecular weight excluding hydrogens is 318 g/mol. The van der Waals surface area contributed by atoms with Crippen molar-refractivity contribution in [2.24, 2.45) is 0 Å². The predicted octanol–water partition coefficient (Wildman–Crippen LogP) is 3.10. The monoisotopic (exact) mass is 327 g/mol. The molecule has 0 saturated carbocycles. The summed E-state index contributed by atoms with van der Waals surface area (Å²) in [4.78, 5) is 14.0. The molecule has 0 spiro atoms. The fraction of sp³-hybridized carbons (Fsp3) is 0.143. The van der Waals surface area contributed by atoms with Crippen LogP contribution in [0.2, 0.25) is 0 Å². The van der Waals surface area contributed by atoms with Crippen molar-refractivity contribution in [1.29, 1.82) is 0 Å². The Morgan fingerprint density at radius 2 is 1.83 bits per heavy atom. The van der Waals surface area contributed by atoms with Gasteiger partial charge in [-0.2, -0.15) is 22.5 Å². The molecule has 5 nitrogen and oxygen atoms in total. The average Bonchev–Trinajstić information content (AvgIpc) is 2.51. The SMILES string of the molecule is CC1Oc2ccc(Nc3c(F)c(F)nc(F)c3F)cc2NC1=O. The van der Waals surface area contributed by atoms with Crippen molar-refractivity contribution >= 4 is 23.0 Å². The average molecular weight is 327 g/mol. The minimum Gasteiger partial charge on any atom is -0.479 e. The summed E-state index contributed by atoms with van der Waals surface area (Å²) in [6.07, 6.45) is -0.681. The van der Waals surface area contributed by atoms with Gasteiger partial charge in [-0.1, -0.05) is 0 Å². The highest BCUT2D eigenvalue weighted by atomic mass is 19.2. The van der Waals surface area contributed by atoms with Crippen LogP contribution in [-0.2, 0) is 4.79 Å². The highest BCUT2D eigenvalue weighted by Gasteiger charge is 2.25. The van der Waals surface area contributed by atoms with E-state index in [9.17, 15) is 22.4 Å². The molecule has 2 heterocycles. The number of pyridine rings is 1. The van der Waals surface area contributed by atoms with Gasteiger partial charge in [0, 0.05) is 5.69 Å². The third kappa shape index (κ3) is 2.65. The summed E-state index contributed by atoms with van der Waals surface area (Å²) >= 11 is 0. The molecule has 23 heavy (non-hydrogen) atoms. The van der Waals surface area contributed by atoms with E-state index in [0.717, 1.165) is 0 Å². The zero-order chi connectivity index (χ0) is 16.7. The minimum absolute atomic E-state index is 0.0880. The number of carbonyl (C=O) groups is 1. The summed E-state index contributed by atoms with van der Waals surface area (Å²) in [6, 6.07) is 4.13. The summed E-state index contributed by atoms with van der Waals surface area (Å²) in [6.45, 7) is 1.55. The van der Waals surface area contributed by atoms with Gasteiger partial charge < -0.3 is 15.4 Å². The van der Waals surface area contributed by atoms with E-state index in [2.05, 4.69) is 15.6 Å². The lowest BCUT2D eigenvalue weighted by molar-refractivity contribution is -0.122. The summed E-state index contributed by atoms with van der Waals surface area (Å²) in [5, 5.41) is 4.76. The van der Waals surface area contributed by atoms with Gasteiger partial charge in [-0.05, 0) is 25.1 Å². The Morgan fingerprint density at radius 1 is 1.17 bits per heavy atom. The number of hydrogen-bond acceptors (Lipinski definition) is 4. The summed E-state index contributed by atoms with van der Waals surface area (Å²) in [7, 11) is 0. The number of carbonyl (C=O) groups excluding carboxylic acids is 1. The van der Waals surface area contributed by atoms with Crippen LogP contribution in [0, 0.1) is 23.5 Å². The van der Waals surface area contributed by atoms with Gasteiger partial charge in [0.2, 0.25) is 11.6 Å². The molecule has 1 aromatic carbocycles. The fourth-order valence-electron chi connectivity index (χ4n) is 2.03. The molecule has 9 heteroatoms. The zero-order valence-corrected chi connectivity index (χ0v) is 11.6. The van der Waals surface area contributed by atoms with Crippen molar-refractivity contribution in [2.45, 2.75) is 13.0 Å². The van der Waals surface area contributed by atoms with Crippen LogP contribution >= 0.6 is 0 Å². The number of ether oxygens (including phenoxy) is 1. The van der Waals surface area contributed by atoms with Crippen LogP contribution in [-0.4, -0.2) is 17.0 Å². The number of halogens is 4. The van der Waals surface area contributed by atoms with E-state index in [1.54, 1.807) is 6.92 Å². The number of amides is 1. The lowest BCUT2D eigenvalue weighted by Gasteiger charge is -2.23. The van der Waals surface area contributed by atoms with Gasteiger partial charge >= 0.3 is 0 Å². The van der Waals surface area contributed by atoms with E-state index in [1.165, 1.54) is 18.2 Å². The molecule has 2 aromatic rings. The smallest absolute Gasteiger partial charge is 0.265 e. The molecule has 1 aromatic heterocycles. The molecule has 2 N–H and O–H groups in total. The Morgan fingerprint density at radius 3 is 2.48 bits per heavy atom. The molecule has 0 fully saturated rings. The van der Waals surface area contributed by atoms with Gasteiger partial charge in [0.15, 0.2) is 6.10 Å². The highest BCUT2D eigenvalue weighted by molar-refractivity contribution is 5.98. The maximum Gasteiger partial charge on any atom is 0.265 e. The van der Waals surface area contributed by atoms with Crippen LogP contribution in [0.3, 0.4) is 0 Å². The number of nitrogens with zero attached hydrogens (tertiary/aromatic N) is 1. The van der Waals surface area contributed by atoms with E-state index in [-0.39, 0.29) is 11.4 Å². The van der Waals surface area contributed by atoms with Crippen molar-refractivity contribution in [3.63, 3.8) is 0 Å². The summed E-state index contributed by atoms with van der Waals surface area (Å²) in [5.41, 5.74) is -0.676. The highest BCUT2D eigenvalue weighted by Crippen LogP contribution is 2.34. The minimum atomic E-state index is -1.77. The Bertz CT molecular complexity index is 787.